The van der Waals surface area contributed by atoms with Crippen LogP contribution < -0.4 is 5.32 Å². The maximum Gasteiger partial charge on any atom is 0.345 e. The molecular formula is C22H16FN3OS. The number of nitrogens with one attached hydrogen (secondary N) is 1. The summed E-state index contributed by atoms with van der Waals surface area (Å²) >= 11 is 1.54. The fourth-order valence-electron chi connectivity index (χ4n) is 2.81. The van der Waals surface area contributed by atoms with Crippen LogP contribution in [0, 0.1) is 5.82 Å². The Morgan fingerprint density at radius 2 is 1.64 bits per heavy atom. The SMILES string of the molecule is O=C(N=C(c1ccc(F)cc1)c1ccsc1-n1cccc1)Nc1ccccc1. The summed E-state index contributed by atoms with van der Waals surface area (Å²) in [6, 6.07) is 20.4. The first-order valence-electron chi connectivity index (χ1n) is 8.62. The molecular weight excluding hydrogens is 373 g/mol. The highest BCUT2D eigenvalue weighted by atomic mass is 32.1. The van der Waals surface area contributed by atoms with Crippen LogP contribution in [0.4, 0.5) is 14.9 Å². The summed E-state index contributed by atoms with van der Waals surface area (Å²) in [5.74, 6) is -0.340. The number of benzene rings is 2. The van der Waals surface area contributed by atoms with E-state index < -0.39 is 6.03 Å². The molecule has 6 heteroatoms. The van der Waals surface area contributed by atoms with Gasteiger partial charge in [0.2, 0.25) is 0 Å². The quantitative estimate of drug-likeness (QED) is 0.444. The molecule has 0 aliphatic heterocycles. The Morgan fingerprint density at radius 3 is 2.36 bits per heavy atom. The maximum absolute atomic E-state index is 13.4. The van der Waals surface area contributed by atoms with E-state index in [4.69, 9.17) is 0 Å². The summed E-state index contributed by atoms with van der Waals surface area (Å²) in [6.07, 6.45) is 3.86. The average molecular weight is 389 g/mol. The van der Waals surface area contributed by atoms with Crippen molar-refractivity contribution in [2.24, 2.45) is 4.99 Å². The second kappa shape index (κ2) is 8.02. The molecule has 0 saturated heterocycles. The lowest BCUT2D eigenvalue weighted by Gasteiger charge is -2.10. The molecule has 0 spiro atoms. The lowest BCUT2D eigenvalue weighted by atomic mass is 10.0. The zero-order chi connectivity index (χ0) is 19.3. The molecule has 0 atom stereocenters. The fourth-order valence-corrected chi connectivity index (χ4v) is 3.68. The van der Waals surface area contributed by atoms with Crippen LogP contribution in [0.25, 0.3) is 5.00 Å². The molecule has 0 bridgehead atoms. The van der Waals surface area contributed by atoms with Gasteiger partial charge in [0.1, 0.15) is 10.8 Å². The van der Waals surface area contributed by atoms with E-state index in [0.29, 0.717) is 17.0 Å². The van der Waals surface area contributed by atoms with Crippen molar-refractivity contribution in [1.29, 1.82) is 0 Å². The van der Waals surface area contributed by atoms with Crippen LogP contribution in [0.5, 0.6) is 0 Å². The molecule has 2 aromatic heterocycles. The Hall–Kier alpha value is -3.51. The predicted octanol–water partition coefficient (Wildman–Crippen LogP) is 5.75. The summed E-state index contributed by atoms with van der Waals surface area (Å²) in [5, 5.41) is 5.64. The molecule has 0 radical (unpaired) electrons. The molecule has 1 N–H and O–H groups in total. The van der Waals surface area contributed by atoms with E-state index in [-0.39, 0.29) is 5.82 Å². The number of hydrogen-bond donors (Lipinski definition) is 1. The van der Waals surface area contributed by atoms with E-state index in [1.165, 1.54) is 12.1 Å². The number of rotatable bonds is 4. The lowest BCUT2D eigenvalue weighted by molar-refractivity contribution is 0.259. The molecule has 138 valence electrons. The molecule has 0 fully saturated rings. The number of aliphatic imine (C=N–C) groups is 1. The minimum atomic E-state index is -0.491. The zero-order valence-electron chi connectivity index (χ0n) is 14.7. The smallest absolute Gasteiger partial charge is 0.315 e. The maximum atomic E-state index is 13.4. The number of nitrogens with zero attached hydrogens (tertiary/aromatic N) is 2. The molecule has 2 aromatic carbocycles. The first kappa shape index (κ1) is 17.9. The molecule has 4 aromatic rings. The minimum absolute atomic E-state index is 0.340. The number of urea groups is 1. The topological polar surface area (TPSA) is 46.4 Å². The number of anilines is 1. The number of amides is 2. The molecule has 2 amide bonds. The number of para-hydroxylation sites is 1. The van der Waals surface area contributed by atoms with Crippen molar-refractivity contribution in [2.45, 2.75) is 0 Å². The first-order valence-corrected chi connectivity index (χ1v) is 9.50. The van der Waals surface area contributed by atoms with E-state index in [9.17, 15) is 9.18 Å². The molecule has 0 saturated carbocycles. The molecule has 2 heterocycles. The molecule has 4 rings (SSSR count). The molecule has 0 unspecified atom stereocenters. The van der Waals surface area contributed by atoms with Gasteiger partial charge in [-0.05, 0) is 60.0 Å². The Bertz CT molecular complexity index is 1100. The highest BCUT2D eigenvalue weighted by Gasteiger charge is 2.16. The molecule has 28 heavy (non-hydrogen) atoms. The standard InChI is InChI=1S/C22H16FN3OS/c23-17-10-8-16(9-11-17)20(25-22(27)24-18-6-2-1-3-7-18)19-12-15-28-21(19)26-13-4-5-14-26/h1-15H,(H,24,27). The summed E-state index contributed by atoms with van der Waals surface area (Å²) in [7, 11) is 0. The van der Waals surface area contributed by atoms with Gasteiger partial charge in [-0.25, -0.2) is 9.18 Å². The predicted molar refractivity (Wildman–Crippen MR) is 111 cm³/mol. The first-order chi connectivity index (χ1) is 13.7. The Balaban J connectivity index is 1.76. The highest BCUT2D eigenvalue weighted by molar-refractivity contribution is 7.13. The van der Waals surface area contributed by atoms with Gasteiger partial charge in [-0.1, -0.05) is 18.2 Å². The second-order valence-electron chi connectivity index (χ2n) is 5.99. The van der Waals surface area contributed by atoms with Gasteiger partial charge in [0.25, 0.3) is 0 Å². The van der Waals surface area contributed by atoms with Crippen LogP contribution in [0.1, 0.15) is 11.1 Å². The van der Waals surface area contributed by atoms with Crippen LogP contribution >= 0.6 is 11.3 Å². The zero-order valence-corrected chi connectivity index (χ0v) is 15.6. The fraction of sp³-hybridized carbons (Fsp3) is 0. The van der Waals surface area contributed by atoms with Crippen LogP contribution in [0.15, 0.2) is 95.6 Å². The number of thiophene rings is 1. The van der Waals surface area contributed by atoms with Crippen molar-refractivity contribution in [1.82, 2.24) is 4.57 Å². The molecule has 4 nitrogen and oxygen atoms in total. The van der Waals surface area contributed by atoms with Crippen molar-refractivity contribution in [3.8, 4) is 5.00 Å². The van der Waals surface area contributed by atoms with Crippen LogP contribution in [0.3, 0.4) is 0 Å². The van der Waals surface area contributed by atoms with Gasteiger partial charge < -0.3 is 9.88 Å². The third-order valence-corrected chi connectivity index (χ3v) is 5.02. The number of aromatic nitrogens is 1. The Morgan fingerprint density at radius 1 is 0.929 bits per heavy atom. The van der Waals surface area contributed by atoms with Gasteiger partial charge in [-0.2, -0.15) is 4.99 Å². The molecule has 0 aliphatic rings. The minimum Gasteiger partial charge on any atom is -0.315 e. The van der Waals surface area contributed by atoms with Gasteiger partial charge in [-0.3, -0.25) is 0 Å². The summed E-state index contributed by atoms with van der Waals surface area (Å²) in [4.78, 5) is 16.9. The van der Waals surface area contributed by atoms with Crippen molar-refractivity contribution in [3.63, 3.8) is 0 Å². The van der Waals surface area contributed by atoms with Crippen molar-refractivity contribution < 1.29 is 9.18 Å². The van der Waals surface area contributed by atoms with Gasteiger partial charge >= 0.3 is 6.03 Å². The van der Waals surface area contributed by atoms with Crippen molar-refractivity contribution in [2.75, 3.05) is 5.32 Å². The third kappa shape index (κ3) is 3.92. The van der Waals surface area contributed by atoms with Gasteiger partial charge in [0, 0.05) is 29.2 Å². The van der Waals surface area contributed by atoms with E-state index in [1.807, 2.05) is 58.7 Å². The summed E-state index contributed by atoms with van der Waals surface area (Å²) < 4.78 is 15.4. The van der Waals surface area contributed by atoms with E-state index in [0.717, 1.165) is 10.6 Å². The number of hydrogen-bond acceptors (Lipinski definition) is 2. The Kier molecular flexibility index (Phi) is 5.12. The van der Waals surface area contributed by atoms with Crippen LogP contribution in [0.2, 0.25) is 0 Å². The van der Waals surface area contributed by atoms with Crippen LogP contribution in [-0.4, -0.2) is 16.3 Å². The van der Waals surface area contributed by atoms with E-state index in [1.54, 1.807) is 35.6 Å². The van der Waals surface area contributed by atoms with Gasteiger partial charge in [0.05, 0.1) is 5.71 Å². The normalized spacial score (nSPS) is 11.4. The Labute approximate surface area is 165 Å². The van der Waals surface area contributed by atoms with E-state index >= 15 is 0 Å². The van der Waals surface area contributed by atoms with Crippen molar-refractivity contribution in [3.05, 3.63) is 108 Å². The monoisotopic (exact) mass is 389 g/mol. The average Bonchev–Trinajstić information content (AvgIpc) is 3.39. The van der Waals surface area contributed by atoms with Gasteiger partial charge in [0.15, 0.2) is 0 Å². The van der Waals surface area contributed by atoms with Crippen LogP contribution in [-0.2, 0) is 0 Å². The third-order valence-electron chi connectivity index (χ3n) is 4.09. The second-order valence-corrected chi connectivity index (χ2v) is 6.89. The number of carbonyl (C=O) groups is 1. The van der Waals surface area contributed by atoms with Crippen molar-refractivity contribution >= 4 is 28.8 Å². The summed E-state index contributed by atoms with van der Waals surface area (Å²) in [6.45, 7) is 0. The number of halogens is 1. The van der Waals surface area contributed by atoms with Gasteiger partial charge in [-0.15, -0.1) is 11.3 Å². The largest absolute Gasteiger partial charge is 0.345 e. The lowest BCUT2D eigenvalue weighted by Crippen LogP contribution is -2.13. The molecule has 0 aliphatic carbocycles. The highest BCUT2D eigenvalue weighted by Crippen LogP contribution is 2.25. The van der Waals surface area contributed by atoms with E-state index in [2.05, 4.69) is 10.3 Å². The number of carbonyl (C=O) groups excluding carboxylic acids is 1. The summed E-state index contributed by atoms with van der Waals surface area (Å²) in [5.41, 5.74) is 2.61.